The number of hydrogen-bond acceptors (Lipinski definition) is 5. The first-order valence-corrected chi connectivity index (χ1v) is 8.64. The van der Waals surface area contributed by atoms with E-state index in [0.717, 1.165) is 22.3 Å². The number of ether oxygens (including phenoxy) is 1. The summed E-state index contributed by atoms with van der Waals surface area (Å²) in [6, 6.07) is 14.4. The lowest BCUT2D eigenvalue weighted by Crippen LogP contribution is -2.44. The quantitative estimate of drug-likeness (QED) is 0.589. The van der Waals surface area contributed by atoms with Crippen molar-refractivity contribution in [2.75, 3.05) is 13.2 Å². The van der Waals surface area contributed by atoms with Crippen LogP contribution < -0.4 is 5.32 Å². The monoisotopic (exact) mass is 371 g/mol. The Hall–Kier alpha value is -2.90. The van der Waals surface area contributed by atoms with Gasteiger partial charge in [-0.05, 0) is 22.3 Å². The fraction of sp³-hybridized carbons (Fsp3) is 0.300. The first-order chi connectivity index (χ1) is 13.0. The van der Waals surface area contributed by atoms with Crippen molar-refractivity contribution in [1.82, 2.24) is 5.32 Å². The summed E-state index contributed by atoms with van der Waals surface area (Å²) in [5.74, 6) is -1.44. The maximum Gasteiger partial charge on any atom is 0.407 e. The molecule has 1 amide bonds. The molecular formula is C20H21NO6. The molecule has 3 rings (SSSR count). The van der Waals surface area contributed by atoms with E-state index in [1.165, 1.54) is 0 Å². The maximum absolute atomic E-state index is 12.1. The Morgan fingerprint density at radius 2 is 1.59 bits per heavy atom. The molecule has 142 valence electrons. The number of carbonyl (C=O) groups excluding carboxylic acids is 1. The molecule has 1 aliphatic carbocycles. The predicted molar refractivity (Wildman–Crippen MR) is 97.3 cm³/mol. The molecular weight excluding hydrogens is 350 g/mol. The molecule has 0 aliphatic heterocycles. The fourth-order valence-corrected chi connectivity index (χ4v) is 3.35. The number of nitrogens with one attached hydrogen (secondary N) is 1. The van der Waals surface area contributed by atoms with Gasteiger partial charge >= 0.3 is 12.1 Å². The second-order valence-electron chi connectivity index (χ2n) is 6.43. The van der Waals surface area contributed by atoms with Crippen molar-refractivity contribution in [3.63, 3.8) is 0 Å². The Balaban J connectivity index is 1.68. The van der Waals surface area contributed by atoms with Crippen molar-refractivity contribution in [3.05, 3.63) is 59.7 Å². The van der Waals surface area contributed by atoms with E-state index in [0.29, 0.717) is 0 Å². The third-order valence-corrected chi connectivity index (χ3v) is 4.65. The van der Waals surface area contributed by atoms with Crippen LogP contribution in [0, 0.1) is 0 Å². The molecule has 0 aromatic heterocycles. The number of rotatable bonds is 7. The molecule has 2 aromatic carbocycles. The molecule has 0 bridgehead atoms. The number of fused-ring (bicyclic) bond motifs is 3. The number of carbonyl (C=O) groups is 2. The second-order valence-corrected chi connectivity index (χ2v) is 6.43. The van der Waals surface area contributed by atoms with E-state index < -0.39 is 30.8 Å². The second kappa shape index (κ2) is 8.20. The molecule has 2 unspecified atom stereocenters. The van der Waals surface area contributed by atoms with Gasteiger partial charge in [0.1, 0.15) is 12.6 Å². The number of aliphatic carboxylic acids is 1. The maximum atomic E-state index is 12.1. The van der Waals surface area contributed by atoms with Gasteiger partial charge in [0.25, 0.3) is 0 Å². The van der Waals surface area contributed by atoms with Gasteiger partial charge in [-0.25, -0.2) is 9.59 Å². The summed E-state index contributed by atoms with van der Waals surface area (Å²) in [5.41, 5.74) is 4.29. The Kier molecular flexibility index (Phi) is 5.73. The zero-order chi connectivity index (χ0) is 19.4. The fourth-order valence-electron chi connectivity index (χ4n) is 3.35. The van der Waals surface area contributed by atoms with Gasteiger partial charge in [0, 0.05) is 12.3 Å². The van der Waals surface area contributed by atoms with Crippen molar-refractivity contribution in [3.8, 4) is 11.1 Å². The molecule has 7 heteroatoms. The molecule has 1 aliphatic rings. The number of benzene rings is 2. The molecule has 7 nitrogen and oxygen atoms in total. The van der Waals surface area contributed by atoms with Crippen LogP contribution in [0.4, 0.5) is 4.79 Å². The van der Waals surface area contributed by atoms with E-state index in [4.69, 9.17) is 14.9 Å². The van der Waals surface area contributed by atoms with Crippen molar-refractivity contribution < 1.29 is 29.6 Å². The number of alkyl carbamates (subject to hydrolysis) is 1. The number of carboxylic acid groups (broad SMARTS) is 1. The first-order valence-electron chi connectivity index (χ1n) is 8.64. The van der Waals surface area contributed by atoms with Crippen molar-refractivity contribution >= 4 is 12.1 Å². The van der Waals surface area contributed by atoms with Gasteiger partial charge in [0.2, 0.25) is 0 Å². The van der Waals surface area contributed by atoms with Gasteiger partial charge in [-0.3, -0.25) is 0 Å². The van der Waals surface area contributed by atoms with Gasteiger partial charge in [-0.2, -0.15) is 0 Å². The minimum absolute atomic E-state index is 0.0642. The molecule has 4 N–H and O–H groups in total. The molecule has 27 heavy (non-hydrogen) atoms. The van der Waals surface area contributed by atoms with Gasteiger partial charge in [0.05, 0.1) is 12.7 Å². The van der Waals surface area contributed by atoms with Crippen LogP contribution in [-0.4, -0.2) is 52.7 Å². The Morgan fingerprint density at radius 1 is 1.04 bits per heavy atom. The SMILES string of the molecule is O=C(NC(CC(O)CO)C(=O)O)OCC1c2ccccc2-c2ccccc21. The van der Waals surface area contributed by atoms with E-state index in [9.17, 15) is 14.7 Å². The molecule has 0 spiro atoms. The summed E-state index contributed by atoms with van der Waals surface area (Å²) in [5, 5.41) is 29.6. The van der Waals surface area contributed by atoms with Gasteiger partial charge in [0.15, 0.2) is 0 Å². The molecule has 0 fully saturated rings. The lowest BCUT2D eigenvalue weighted by molar-refractivity contribution is -0.140. The summed E-state index contributed by atoms with van der Waals surface area (Å²) < 4.78 is 5.28. The van der Waals surface area contributed by atoms with Gasteiger partial charge < -0.3 is 25.4 Å². The number of carboxylic acids is 1. The highest BCUT2D eigenvalue weighted by molar-refractivity contribution is 5.81. The van der Waals surface area contributed by atoms with Crippen molar-refractivity contribution in [2.24, 2.45) is 0 Å². The smallest absolute Gasteiger partial charge is 0.407 e. The summed E-state index contributed by atoms with van der Waals surface area (Å²) >= 11 is 0. The molecule has 0 saturated heterocycles. The highest BCUT2D eigenvalue weighted by Gasteiger charge is 2.30. The largest absolute Gasteiger partial charge is 0.480 e. The molecule has 2 atom stereocenters. The lowest BCUT2D eigenvalue weighted by Gasteiger charge is -2.18. The Labute approximate surface area is 156 Å². The van der Waals surface area contributed by atoms with Crippen LogP contribution >= 0.6 is 0 Å². The standard InChI is InChI=1S/C20H21NO6/c22-10-12(23)9-18(19(24)25)21-20(26)27-11-17-15-7-3-1-5-13(15)14-6-2-4-8-16(14)17/h1-8,12,17-18,22-23H,9-11H2,(H,21,26)(H,24,25). The van der Waals surface area contributed by atoms with Crippen LogP contribution in [0.3, 0.4) is 0 Å². The number of amides is 1. The molecule has 0 saturated carbocycles. The highest BCUT2D eigenvalue weighted by Crippen LogP contribution is 2.44. The van der Waals surface area contributed by atoms with Gasteiger partial charge in [-0.15, -0.1) is 0 Å². The van der Waals surface area contributed by atoms with Crippen LogP contribution in [0.2, 0.25) is 0 Å². The zero-order valence-electron chi connectivity index (χ0n) is 14.5. The van der Waals surface area contributed by atoms with Crippen molar-refractivity contribution in [1.29, 1.82) is 0 Å². The third kappa shape index (κ3) is 4.10. The van der Waals surface area contributed by atoms with E-state index in [1.54, 1.807) is 0 Å². The average molecular weight is 371 g/mol. The number of aliphatic hydroxyl groups excluding tert-OH is 2. The van der Waals surface area contributed by atoms with Crippen LogP contribution in [0.15, 0.2) is 48.5 Å². The zero-order valence-corrected chi connectivity index (χ0v) is 14.5. The Morgan fingerprint density at radius 3 is 2.11 bits per heavy atom. The first kappa shape index (κ1) is 18.9. The summed E-state index contributed by atoms with van der Waals surface area (Å²) in [4.78, 5) is 23.3. The Bertz CT molecular complexity index is 791. The van der Waals surface area contributed by atoms with Gasteiger partial charge in [-0.1, -0.05) is 48.5 Å². The van der Waals surface area contributed by atoms with E-state index in [1.807, 2.05) is 48.5 Å². The van der Waals surface area contributed by atoms with E-state index in [2.05, 4.69) is 5.32 Å². The minimum Gasteiger partial charge on any atom is -0.480 e. The summed E-state index contributed by atoms with van der Waals surface area (Å²) in [6.45, 7) is -0.523. The number of aliphatic hydroxyl groups is 2. The minimum atomic E-state index is -1.34. The van der Waals surface area contributed by atoms with E-state index >= 15 is 0 Å². The van der Waals surface area contributed by atoms with Crippen molar-refractivity contribution in [2.45, 2.75) is 24.5 Å². The predicted octanol–water partition coefficient (Wildman–Crippen LogP) is 1.72. The average Bonchev–Trinajstić information content (AvgIpc) is 2.99. The number of hydrogen-bond donors (Lipinski definition) is 4. The van der Waals surface area contributed by atoms with Crippen LogP contribution in [-0.2, 0) is 9.53 Å². The highest BCUT2D eigenvalue weighted by atomic mass is 16.5. The summed E-state index contributed by atoms with van der Waals surface area (Å²) in [6.07, 6.45) is -2.43. The topological polar surface area (TPSA) is 116 Å². The van der Waals surface area contributed by atoms with Crippen LogP contribution in [0.1, 0.15) is 23.5 Å². The molecule has 0 heterocycles. The third-order valence-electron chi connectivity index (χ3n) is 4.65. The lowest BCUT2D eigenvalue weighted by atomic mass is 9.98. The van der Waals surface area contributed by atoms with Crippen LogP contribution in [0.5, 0.6) is 0 Å². The normalized spacial score (nSPS) is 14.7. The molecule has 2 aromatic rings. The molecule has 0 radical (unpaired) electrons. The van der Waals surface area contributed by atoms with Crippen LogP contribution in [0.25, 0.3) is 11.1 Å². The van der Waals surface area contributed by atoms with E-state index in [-0.39, 0.29) is 18.9 Å². The summed E-state index contributed by atoms with van der Waals surface area (Å²) in [7, 11) is 0.